The van der Waals surface area contributed by atoms with Crippen LogP contribution in [0.5, 0.6) is 0 Å². The molecule has 1 aromatic carbocycles. The van der Waals surface area contributed by atoms with E-state index in [1.54, 1.807) is 30.1 Å². The second-order valence-electron chi connectivity index (χ2n) is 3.62. The quantitative estimate of drug-likeness (QED) is 0.738. The molecule has 0 saturated carbocycles. The van der Waals surface area contributed by atoms with E-state index in [1.165, 1.54) is 18.3 Å². The lowest BCUT2D eigenvalue weighted by Crippen LogP contribution is -2.08. The van der Waals surface area contributed by atoms with Gasteiger partial charge >= 0.3 is 0 Å². The lowest BCUT2D eigenvalue weighted by atomic mass is 10.1. The number of hydrogen-bond acceptors (Lipinski definition) is 2. The van der Waals surface area contributed by atoms with E-state index in [0.717, 1.165) is 5.56 Å². The summed E-state index contributed by atoms with van der Waals surface area (Å²) < 4.78 is 14.3. The zero-order valence-corrected chi connectivity index (χ0v) is 8.85. The van der Waals surface area contributed by atoms with Crippen LogP contribution in [0.4, 0.5) is 4.39 Å². The van der Waals surface area contributed by atoms with Crippen molar-refractivity contribution in [2.24, 2.45) is 7.05 Å². The van der Waals surface area contributed by atoms with Crippen LogP contribution in [0.25, 0.3) is 0 Å². The number of Topliss-reactive ketones (excluding diaryl/α,β-unsaturated/α-hetero) is 1. The highest BCUT2D eigenvalue weighted by Gasteiger charge is 2.10. The van der Waals surface area contributed by atoms with E-state index in [9.17, 15) is 9.18 Å². The normalized spacial score (nSPS) is 10.4. The van der Waals surface area contributed by atoms with Gasteiger partial charge in [0.2, 0.25) is 0 Å². The van der Waals surface area contributed by atoms with Crippen LogP contribution in [0.3, 0.4) is 0 Å². The highest BCUT2D eigenvalue weighted by molar-refractivity contribution is 5.95. The molecule has 2 rings (SSSR count). The molecule has 0 saturated heterocycles. The van der Waals surface area contributed by atoms with Crippen LogP contribution in [0, 0.1) is 5.82 Å². The topological polar surface area (TPSA) is 34.9 Å². The molecule has 0 fully saturated rings. The van der Waals surface area contributed by atoms with Gasteiger partial charge < -0.3 is 4.57 Å². The largest absolute Gasteiger partial charge is 0.331 e. The number of halogens is 1. The van der Waals surface area contributed by atoms with Gasteiger partial charge in [-0.3, -0.25) is 4.79 Å². The third-order valence-corrected chi connectivity index (χ3v) is 2.38. The van der Waals surface area contributed by atoms with Crippen molar-refractivity contribution in [3.63, 3.8) is 0 Å². The minimum absolute atomic E-state index is 0.0217. The number of imidazole rings is 1. The van der Waals surface area contributed by atoms with Gasteiger partial charge in [-0.25, -0.2) is 9.37 Å². The van der Waals surface area contributed by atoms with Gasteiger partial charge in [-0.2, -0.15) is 0 Å². The molecule has 2 aromatic rings. The Morgan fingerprint density at radius 3 is 2.62 bits per heavy atom. The summed E-state index contributed by atoms with van der Waals surface area (Å²) in [4.78, 5) is 15.7. The van der Waals surface area contributed by atoms with E-state index >= 15 is 0 Å². The molecule has 3 nitrogen and oxygen atoms in total. The van der Waals surface area contributed by atoms with E-state index in [2.05, 4.69) is 4.98 Å². The fourth-order valence-electron chi connectivity index (χ4n) is 1.50. The van der Waals surface area contributed by atoms with Crippen molar-refractivity contribution in [2.45, 2.75) is 6.42 Å². The Kier molecular flexibility index (Phi) is 2.81. The Balaban J connectivity index is 2.14. The molecule has 82 valence electrons. The molecule has 0 amide bonds. The van der Waals surface area contributed by atoms with Crippen LogP contribution in [0.1, 0.15) is 16.1 Å². The van der Waals surface area contributed by atoms with Gasteiger partial charge in [-0.1, -0.05) is 12.1 Å². The molecule has 4 heteroatoms. The molecule has 0 atom stereocenters. The molecule has 1 heterocycles. The fourth-order valence-corrected chi connectivity index (χ4v) is 1.50. The minimum Gasteiger partial charge on any atom is -0.331 e. The van der Waals surface area contributed by atoms with Crippen molar-refractivity contribution in [1.82, 2.24) is 9.55 Å². The summed E-state index contributed by atoms with van der Waals surface area (Å²) in [5.74, 6) is -0.316. The van der Waals surface area contributed by atoms with Crippen LogP contribution in [-0.4, -0.2) is 15.3 Å². The Bertz CT molecular complexity index is 502. The first-order valence-corrected chi connectivity index (χ1v) is 4.91. The van der Waals surface area contributed by atoms with Crippen LogP contribution in [-0.2, 0) is 13.5 Å². The monoisotopic (exact) mass is 218 g/mol. The minimum atomic E-state index is -0.295. The lowest BCUT2D eigenvalue weighted by molar-refractivity contribution is 0.0985. The number of aromatic nitrogens is 2. The SMILES string of the molecule is Cn1cncc1C(=O)Cc1ccc(F)cc1. The average molecular weight is 218 g/mol. The van der Waals surface area contributed by atoms with Crippen molar-refractivity contribution in [1.29, 1.82) is 0 Å². The third-order valence-electron chi connectivity index (χ3n) is 2.38. The van der Waals surface area contributed by atoms with Gasteiger partial charge in [0.15, 0.2) is 5.78 Å². The van der Waals surface area contributed by atoms with Gasteiger partial charge in [0.05, 0.1) is 12.5 Å². The van der Waals surface area contributed by atoms with E-state index in [-0.39, 0.29) is 18.0 Å². The van der Waals surface area contributed by atoms with Crippen LogP contribution in [0.2, 0.25) is 0 Å². The number of aryl methyl sites for hydroxylation is 1. The molecule has 0 radical (unpaired) electrons. The summed E-state index contributed by atoms with van der Waals surface area (Å²) in [6.45, 7) is 0. The summed E-state index contributed by atoms with van der Waals surface area (Å²) in [5, 5.41) is 0. The first-order chi connectivity index (χ1) is 7.66. The van der Waals surface area contributed by atoms with Crippen molar-refractivity contribution in [3.8, 4) is 0 Å². The predicted octanol–water partition coefficient (Wildman–Crippen LogP) is 1.98. The van der Waals surface area contributed by atoms with Crippen LogP contribution < -0.4 is 0 Å². The standard InChI is InChI=1S/C12H11FN2O/c1-15-8-14-7-11(15)12(16)6-9-2-4-10(13)5-3-9/h2-5,7-8H,6H2,1H3. The molecule has 0 spiro atoms. The zero-order chi connectivity index (χ0) is 11.5. The fraction of sp³-hybridized carbons (Fsp3) is 0.167. The molecule has 16 heavy (non-hydrogen) atoms. The van der Waals surface area contributed by atoms with E-state index in [1.807, 2.05) is 0 Å². The maximum atomic E-state index is 12.7. The number of ketones is 1. The van der Waals surface area contributed by atoms with E-state index in [4.69, 9.17) is 0 Å². The highest BCUT2D eigenvalue weighted by atomic mass is 19.1. The Morgan fingerprint density at radius 1 is 1.38 bits per heavy atom. The maximum Gasteiger partial charge on any atom is 0.185 e. The Morgan fingerprint density at radius 2 is 2.06 bits per heavy atom. The predicted molar refractivity (Wildman–Crippen MR) is 57.6 cm³/mol. The zero-order valence-electron chi connectivity index (χ0n) is 8.85. The molecule has 0 aliphatic heterocycles. The number of nitrogens with zero attached hydrogens (tertiary/aromatic N) is 2. The Hall–Kier alpha value is -1.97. The molecule has 1 aromatic heterocycles. The van der Waals surface area contributed by atoms with Gasteiger partial charge in [0.1, 0.15) is 11.5 Å². The first-order valence-electron chi connectivity index (χ1n) is 4.91. The second-order valence-corrected chi connectivity index (χ2v) is 3.62. The molecular weight excluding hydrogens is 207 g/mol. The van der Waals surface area contributed by atoms with Crippen molar-refractivity contribution < 1.29 is 9.18 Å². The average Bonchev–Trinajstić information content (AvgIpc) is 2.68. The molecular formula is C12H11FN2O. The smallest absolute Gasteiger partial charge is 0.185 e. The van der Waals surface area contributed by atoms with Crippen LogP contribution >= 0.6 is 0 Å². The van der Waals surface area contributed by atoms with E-state index in [0.29, 0.717) is 5.69 Å². The van der Waals surface area contributed by atoms with Gasteiger partial charge in [0.25, 0.3) is 0 Å². The van der Waals surface area contributed by atoms with Crippen LogP contribution in [0.15, 0.2) is 36.8 Å². The summed E-state index contributed by atoms with van der Waals surface area (Å²) >= 11 is 0. The van der Waals surface area contributed by atoms with Crippen molar-refractivity contribution in [2.75, 3.05) is 0 Å². The molecule has 0 N–H and O–H groups in total. The highest BCUT2D eigenvalue weighted by Crippen LogP contribution is 2.07. The van der Waals surface area contributed by atoms with Crippen molar-refractivity contribution in [3.05, 3.63) is 53.9 Å². The molecule has 0 aliphatic carbocycles. The molecule has 0 aliphatic rings. The summed E-state index contributed by atoms with van der Waals surface area (Å²) in [5.41, 5.74) is 1.36. The third kappa shape index (κ3) is 2.16. The molecule has 0 unspecified atom stereocenters. The summed E-state index contributed by atoms with van der Waals surface area (Å²) in [7, 11) is 1.77. The number of carbonyl (C=O) groups is 1. The lowest BCUT2D eigenvalue weighted by Gasteiger charge is -2.01. The van der Waals surface area contributed by atoms with E-state index < -0.39 is 0 Å². The summed E-state index contributed by atoms with van der Waals surface area (Å²) in [6, 6.07) is 5.94. The molecule has 0 bridgehead atoms. The number of benzene rings is 1. The maximum absolute atomic E-state index is 12.7. The summed E-state index contributed by atoms with van der Waals surface area (Å²) in [6.07, 6.45) is 3.38. The number of hydrogen-bond donors (Lipinski definition) is 0. The van der Waals surface area contributed by atoms with Crippen molar-refractivity contribution >= 4 is 5.78 Å². The van der Waals surface area contributed by atoms with Gasteiger partial charge in [0, 0.05) is 13.5 Å². The number of carbonyl (C=O) groups excluding carboxylic acids is 1. The van der Waals surface area contributed by atoms with Gasteiger partial charge in [-0.05, 0) is 17.7 Å². The van der Waals surface area contributed by atoms with Gasteiger partial charge in [-0.15, -0.1) is 0 Å². The number of rotatable bonds is 3. The Labute approximate surface area is 92.5 Å². The second kappa shape index (κ2) is 4.26. The first kappa shape index (κ1) is 10.5.